The van der Waals surface area contributed by atoms with E-state index in [2.05, 4.69) is 15.5 Å². The fraction of sp³-hybridized carbons (Fsp3) is 0.769. The van der Waals surface area contributed by atoms with E-state index < -0.39 is 26.5 Å². The maximum atomic E-state index is 12.6. The molecule has 0 spiro atoms. The van der Waals surface area contributed by atoms with E-state index in [0.717, 1.165) is 12.8 Å². The highest BCUT2D eigenvalue weighted by atomic mass is 32.2. The Labute approximate surface area is 125 Å². The number of rotatable bonds is 6. The lowest BCUT2D eigenvalue weighted by Gasteiger charge is -2.26. The summed E-state index contributed by atoms with van der Waals surface area (Å²) < 4.78 is 26.7. The lowest BCUT2D eigenvalue weighted by molar-refractivity contribution is -0.122. The van der Waals surface area contributed by atoms with Crippen molar-refractivity contribution in [3.05, 3.63) is 6.33 Å². The van der Waals surface area contributed by atoms with Crippen molar-refractivity contribution in [1.82, 2.24) is 20.1 Å². The molecule has 1 fully saturated rings. The lowest BCUT2D eigenvalue weighted by atomic mass is 10.0. The monoisotopic (exact) mass is 314 g/mol. The Morgan fingerprint density at radius 3 is 2.67 bits per heavy atom. The molecule has 0 unspecified atom stereocenters. The summed E-state index contributed by atoms with van der Waals surface area (Å²) in [5.41, 5.74) is -0.439. The third kappa shape index (κ3) is 3.25. The topological polar surface area (TPSA) is 93.9 Å². The van der Waals surface area contributed by atoms with Crippen LogP contribution < -0.4 is 5.32 Å². The first-order valence-corrected chi connectivity index (χ1v) is 8.69. The molecule has 7 nitrogen and oxygen atoms in total. The van der Waals surface area contributed by atoms with Crippen LogP contribution in [0, 0.1) is 0 Å². The van der Waals surface area contributed by atoms with Crippen molar-refractivity contribution >= 4 is 15.7 Å². The molecule has 0 bridgehead atoms. The molecule has 118 valence electrons. The van der Waals surface area contributed by atoms with E-state index in [0.29, 0.717) is 6.42 Å². The van der Waals surface area contributed by atoms with Crippen LogP contribution in [0.1, 0.15) is 53.0 Å². The molecule has 0 aromatic carbocycles. The van der Waals surface area contributed by atoms with E-state index in [-0.39, 0.29) is 11.2 Å². The van der Waals surface area contributed by atoms with Crippen LogP contribution in [0.4, 0.5) is 0 Å². The first kappa shape index (κ1) is 15.9. The zero-order valence-electron chi connectivity index (χ0n) is 12.8. The number of hydrogen-bond donors (Lipinski definition) is 1. The molecule has 1 aliphatic rings. The predicted octanol–water partition coefficient (Wildman–Crippen LogP) is 1.08. The fourth-order valence-electron chi connectivity index (χ4n) is 1.86. The highest BCUT2D eigenvalue weighted by Gasteiger charge is 2.38. The number of sulfone groups is 1. The molecule has 1 saturated carbocycles. The summed E-state index contributed by atoms with van der Waals surface area (Å²) >= 11 is 0. The molecule has 1 aliphatic carbocycles. The highest BCUT2D eigenvalue weighted by Crippen LogP contribution is 2.36. The lowest BCUT2D eigenvalue weighted by Crippen LogP contribution is -2.48. The molecule has 1 atom stereocenters. The van der Waals surface area contributed by atoms with Crippen molar-refractivity contribution in [3.63, 3.8) is 0 Å². The van der Waals surface area contributed by atoms with E-state index in [1.807, 2.05) is 20.8 Å². The van der Waals surface area contributed by atoms with Crippen molar-refractivity contribution in [1.29, 1.82) is 0 Å². The predicted molar refractivity (Wildman–Crippen MR) is 77.5 cm³/mol. The summed E-state index contributed by atoms with van der Waals surface area (Å²) in [5.74, 6) is -0.507. The third-order valence-electron chi connectivity index (χ3n) is 3.92. The second-order valence-corrected chi connectivity index (χ2v) is 8.33. The maximum absolute atomic E-state index is 12.6. The van der Waals surface area contributed by atoms with E-state index in [9.17, 15) is 13.2 Å². The van der Waals surface area contributed by atoms with Crippen molar-refractivity contribution in [2.45, 2.75) is 68.9 Å². The van der Waals surface area contributed by atoms with Crippen molar-refractivity contribution in [2.24, 2.45) is 0 Å². The van der Waals surface area contributed by atoms with Crippen LogP contribution in [-0.2, 0) is 14.6 Å². The third-order valence-corrected chi connectivity index (χ3v) is 5.86. The molecule has 1 heterocycles. The van der Waals surface area contributed by atoms with E-state index in [1.165, 1.54) is 13.3 Å². The summed E-state index contributed by atoms with van der Waals surface area (Å²) in [7, 11) is -3.83. The molecule has 1 N–H and O–H groups in total. The molecular weight excluding hydrogens is 292 g/mol. The van der Waals surface area contributed by atoms with Gasteiger partial charge in [0.15, 0.2) is 0 Å². The minimum atomic E-state index is -3.83. The second-order valence-electron chi connectivity index (χ2n) is 6.17. The summed E-state index contributed by atoms with van der Waals surface area (Å²) in [6.45, 7) is 7.04. The van der Waals surface area contributed by atoms with Gasteiger partial charge < -0.3 is 9.88 Å². The first-order valence-electron chi connectivity index (χ1n) is 7.14. The number of carbonyl (C=O) groups excluding carboxylic acids is 1. The summed E-state index contributed by atoms with van der Waals surface area (Å²) in [5, 5.41) is 8.86. The largest absolute Gasteiger partial charge is 0.350 e. The van der Waals surface area contributed by atoms with Crippen LogP contribution in [-0.4, -0.2) is 39.9 Å². The molecule has 2 rings (SSSR count). The van der Waals surface area contributed by atoms with E-state index in [1.54, 1.807) is 4.57 Å². The van der Waals surface area contributed by atoms with Crippen LogP contribution >= 0.6 is 0 Å². The Hall–Kier alpha value is -1.44. The highest BCUT2D eigenvalue weighted by molar-refractivity contribution is 7.92. The normalized spacial score (nSPS) is 17.5. The minimum absolute atomic E-state index is 0.109. The Bertz CT molecular complexity index is 632. The molecule has 0 radical (unpaired) electrons. The average Bonchev–Trinajstić information content (AvgIpc) is 3.14. The standard InChI is InChI=1S/C13H22N4O3S/c1-5-13(3,4)15-11(18)9(2)21(19,20)12-16-14-8-17(12)10-6-7-10/h8-10H,5-7H2,1-4H3,(H,15,18)/t9-/m0/s1. The quantitative estimate of drug-likeness (QED) is 0.848. The SMILES string of the molecule is CCC(C)(C)NC(=O)[C@H](C)S(=O)(=O)c1nncn1C1CC1. The van der Waals surface area contributed by atoms with Crippen molar-refractivity contribution < 1.29 is 13.2 Å². The molecule has 0 saturated heterocycles. The van der Waals surface area contributed by atoms with Crippen molar-refractivity contribution in [2.75, 3.05) is 0 Å². The van der Waals surface area contributed by atoms with E-state index >= 15 is 0 Å². The van der Waals surface area contributed by atoms with Gasteiger partial charge in [-0.05, 0) is 40.0 Å². The van der Waals surface area contributed by atoms with Gasteiger partial charge in [-0.3, -0.25) is 4.79 Å². The Kier molecular flexibility index (Phi) is 4.10. The first-order chi connectivity index (χ1) is 9.69. The number of nitrogens with one attached hydrogen (secondary N) is 1. The van der Waals surface area contributed by atoms with Gasteiger partial charge in [0.25, 0.3) is 5.16 Å². The minimum Gasteiger partial charge on any atom is -0.350 e. The molecule has 0 aliphatic heterocycles. The van der Waals surface area contributed by atoms with Gasteiger partial charge in [0.1, 0.15) is 11.6 Å². The number of carbonyl (C=O) groups is 1. The van der Waals surface area contributed by atoms with Gasteiger partial charge in [-0.1, -0.05) is 6.92 Å². The Balaban J connectivity index is 2.22. The average molecular weight is 314 g/mol. The maximum Gasteiger partial charge on any atom is 0.250 e. The molecular formula is C13H22N4O3S. The van der Waals surface area contributed by atoms with Gasteiger partial charge >= 0.3 is 0 Å². The number of nitrogens with zero attached hydrogens (tertiary/aromatic N) is 3. The van der Waals surface area contributed by atoms with Crippen LogP contribution in [0.3, 0.4) is 0 Å². The van der Waals surface area contributed by atoms with Gasteiger partial charge in [0, 0.05) is 11.6 Å². The molecule has 21 heavy (non-hydrogen) atoms. The summed E-state index contributed by atoms with van der Waals surface area (Å²) in [6, 6.07) is 0.145. The summed E-state index contributed by atoms with van der Waals surface area (Å²) in [6.07, 6.45) is 3.98. The van der Waals surface area contributed by atoms with Crippen LogP contribution in [0.25, 0.3) is 0 Å². The van der Waals surface area contributed by atoms with Gasteiger partial charge in [0.05, 0.1) is 0 Å². The Morgan fingerprint density at radius 2 is 2.14 bits per heavy atom. The smallest absolute Gasteiger partial charge is 0.250 e. The number of amides is 1. The van der Waals surface area contributed by atoms with Gasteiger partial charge in [0.2, 0.25) is 15.7 Å². The van der Waals surface area contributed by atoms with Crippen molar-refractivity contribution in [3.8, 4) is 0 Å². The fourth-order valence-corrected chi connectivity index (χ4v) is 3.17. The van der Waals surface area contributed by atoms with Crippen LogP contribution in [0.2, 0.25) is 0 Å². The number of aromatic nitrogens is 3. The second kappa shape index (κ2) is 5.40. The molecule has 1 aromatic heterocycles. The van der Waals surface area contributed by atoms with Crippen LogP contribution in [0.5, 0.6) is 0 Å². The number of hydrogen-bond acceptors (Lipinski definition) is 5. The Morgan fingerprint density at radius 1 is 1.52 bits per heavy atom. The summed E-state index contributed by atoms with van der Waals surface area (Å²) in [4.78, 5) is 12.2. The van der Waals surface area contributed by atoms with Crippen LogP contribution in [0.15, 0.2) is 11.5 Å². The van der Waals surface area contributed by atoms with E-state index in [4.69, 9.17) is 0 Å². The molecule has 8 heteroatoms. The van der Waals surface area contributed by atoms with Gasteiger partial charge in [-0.25, -0.2) is 8.42 Å². The molecule has 1 aromatic rings. The van der Waals surface area contributed by atoms with Gasteiger partial charge in [-0.2, -0.15) is 0 Å². The molecule has 1 amide bonds. The van der Waals surface area contributed by atoms with Gasteiger partial charge in [-0.15, -0.1) is 10.2 Å². The zero-order valence-corrected chi connectivity index (χ0v) is 13.6. The zero-order chi connectivity index (χ0) is 15.8.